The number of hydrogen-bond acceptors (Lipinski definition) is 5. The van der Waals surface area contributed by atoms with Crippen LogP contribution < -0.4 is 5.43 Å². The van der Waals surface area contributed by atoms with Crippen LogP contribution in [0, 0.1) is 0 Å². The molecule has 2 aromatic carbocycles. The number of carboxylic acids is 1. The van der Waals surface area contributed by atoms with E-state index in [0.29, 0.717) is 23.4 Å². The molecule has 0 heterocycles. The van der Waals surface area contributed by atoms with Crippen molar-refractivity contribution in [1.82, 2.24) is 9.73 Å². The minimum absolute atomic E-state index is 0.0855. The van der Waals surface area contributed by atoms with Crippen molar-refractivity contribution in [2.24, 2.45) is 5.10 Å². The summed E-state index contributed by atoms with van der Waals surface area (Å²) in [6.45, 7) is -0.356. The Morgan fingerprint density at radius 1 is 1.06 bits per heavy atom. The van der Waals surface area contributed by atoms with Crippen molar-refractivity contribution in [3.63, 3.8) is 0 Å². The van der Waals surface area contributed by atoms with Gasteiger partial charge in [-0.1, -0.05) is 43.0 Å². The third kappa shape index (κ3) is 6.15. The molecular formula is C22H24ClN3O5S. The van der Waals surface area contributed by atoms with Crippen LogP contribution in [-0.2, 0) is 14.8 Å². The molecule has 0 atom stereocenters. The first-order valence-electron chi connectivity index (χ1n) is 10.2. The van der Waals surface area contributed by atoms with Crippen LogP contribution >= 0.6 is 11.6 Å². The summed E-state index contributed by atoms with van der Waals surface area (Å²) >= 11 is 5.89. The van der Waals surface area contributed by atoms with Gasteiger partial charge in [-0.25, -0.2) is 18.6 Å². The largest absolute Gasteiger partial charge is 0.478 e. The van der Waals surface area contributed by atoms with Gasteiger partial charge in [0.25, 0.3) is 5.91 Å². The van der Waals surface area contributed by atoms with Gasteiger partial charge in [0.2, 0.25) is 10.0 Å². The summed E-state index contributed by atoms with van der Waals surface area (Å²) in [5.74, 6) is -1.60. The Morgan fingerprint density at radius 3 is 2.28 bits per heavy atom. The molecule has 0 aromatic heterocycles. The molecule has 0 saturated heterocycles. The summed E-state index contributed by atoms with van der Waals surface area (Å²) in [6.07, 6.45) is 5.61. The molecule has 32 heavy (non-hydrogen) atoms. The molecule has 3 rings (SSSR count). The molecule has 1 saturated carbocycles. The lowest BCUT2D eigenvalue weighted by Crippen LogP contribution is -2.46. The lowest BCUT2D eigenvalue weighted by atomic mass is 9.95. The van der Waals surface area contributed by atoms with E-state index in [2.05, 4.69) is 10.5 Å². The molecule has 1 amide bonds. The van der Waals surface area contributed by atoms with Crippen LogP contribution in [0.5, 0.6) is 0 Å². The Bertz CT molecular complexity index is 1080. The van der Waals surface area contributed by atoms with E-state index in [4.69, 9.17) is 16.7 Å². The predicted molar refractivity (Wildman–Crippen MR) is 121 cm³/mol. The van der Waals surface area contributed by atoms with Crippen LogP contribution in [0.25, 0.3) is 0 Å². The SMILES string of the molecule is O=C(CN(C1CCCCC1)S(=O)(=O)c1ccc(Cl)cc1)N/N=C\c1ccc(C(=O)O)cc1. The zero-order valence-corrected chi connectivity index (χ0v) is 18.8. The lowest BCUT2D eigenvalue weighted by Gasteiger charge is -2.32. The zero-order valence-electron chi connectivity index (χ0n) is 17.3. The van der Waals surface area contributed by atoms with Crippen molar-refractivity contribution in [1.29, 1.82) is 0 Å². The number of benzene rings is 2. The summed E-state index contributed by atoms with van der Waals surface area (Å²) in [7, 11) is -3.90. The maximum atomic E-state index is 13.3. The van der Waals surface area contributed by atoms with Gasteiger partial charge in [-0.3, -0.25) is 4.79 Å². The Labute approximate surface area is 191 Å². The second-order valence-electron chi connectivity index (χ2n) is 7.52. The van der Waals surface area contributed by atoms with Gasteiger partial charge in [-0.15, -0.1) is 0 Å². The smallest absolute Gasteiger partial charge is 0.335 e. The fourth-order valence-corrected chi connectivity index (χ4v) is 5.36. The van der Waals surface area contributed by atoms with E-state index < -0.39 is 21.9 Å². The third-order valence-corrected chi connectivity index (χ3v) is 7.43. The highest BCUT2D eigenvalue weighted by atomic mass is 35.5. The minimum atomic E-state index is -3.90. The van der Waals surface area contributed by atoms with Gasteiger partial charge in [0.05, 0.1) is 23.2 Å². The summed E-state index contributed by atoms with van der Waals surface area (Å²) in [5, 5.41) is 13.2. The van der Waals surface area contributed by atoms with E-state index in [1.807, 2.05) is 0 Å². The molecular weight excluding hydrogens is 454 g/mol. The Morgan fingerprint density at radius 2 is 1.69 bits per heavy atom. The number of nitrogens with one attached hydrogen (secondary N) is 1. The number of carbonyl (C=O) groups excluding carboxylic acids is 1. The number of amides is 1. The van der Waals surface area contributed by atoms with Crippen molar-refractivity contribution < 1.29 is 23.1 Å². The molecule has 2 aromatic rings. The minimum Gasteiger partial charge on any atom is -0.478 e. The van der Waals surface area contributed by atoms with Crippen LogP contribution in [0.4, 0.5) is 0 Å². The number of halogens is 1. The van der Waals surface area contributed by atoms with Crippen molar-refractivity contribution >= 4 is 39.7 Å². The Kier molecular flexibility index (Phi) is 8.00. The number of nitrogens with zero attached hydrogens (tertiary/aromatic N) is 2. The average molecular weight is 478 g/mol. The summed E-state index contributed by atoms with van der Waals surface area (Å²) in [5.41, 5.74) is 3.09. The molecule has 1 aliphatic rings. The average Bonchev–Trinajstić information content (AvgIpc) is 2.78. The van der Waals surface area contributed by atoms with Gasteiger partial charge in [-0.05, 0) is 54.8 Å². The number of sulfonamides is 1. The van der Waals surface area contributed by atoms with E-state index in [-0.39, 0.29) is 23.0 Å². The number of carbonyl (C=O) groups is 2. The molecule has 170 valence electrons. The van der Waals surface area contributed by atoms with Crippen LogP contribution in [0.2, 0.25) is 5.02 Å². The van der Waals surface area contributed by atoms with E-state index in [0.717, 1.165) is 19.3 Å². The van der Waals surface area contributed by atoms with Crippen molar-refractivity contribution in [3.8, 4) is 0 Å². The van der Waals surface area contributed by atoms with Gasteiger partial charge in [0.1, 0.15) is 0 Å². The highest BCUT2D eigenvalue weighted by Crippen LogP contribution is 2.28. The van der Waals surface area contributed by atoms with Crippen LogP contribution in [0.15, 0.2) is 58.5 Å². The van der Waals surface area contributed by atoms with E-state index in [1.54, 1.807) is 12.1 Å². The second kappa shape index (κ2) is 10.7. The topological polar surface area (TPSA) is 116 Å². The molecule has 10 heteroatoms. The third-order valence-electron chi connectivity index (χ3n) is 5.26. The number of rotatable bonds is 8. The molecule has 8 nitrogen and oxygen atoms in total. The van der Waals surface area contributed by atoms with E-state index >= 15 is 0 Å². The fraction of sp³-hybridized carbons (Fsp3) is 0.318. The van der Waals surface area contributed by atoms with E-state index in [1.165, 1.54) is 46.9 Å². The summed E-state index contributed by atoms with van der Waals surface area (Å²) < 4.78 is 27.8. The van der Waals surface area contributed by atoms with Crippen LogP contribution in [0.1, 0.15) is 48.0 Å². The highest BCUT2D eigenvalue weighted by Gasteiger charge is 2.33. The maximum Gasteiger partial charge on any atom is 0.335 e. The first-order chi connectivity index (χ1) is 15.3. The number of carboxylic acid groups (broad SMARTS) is 1. The quantitative estimate of drug-likeness (QED) is 0.445. The molecule has 1 fully saturated rings. The van der Waals surface area contributed by atoms with Crippen molar-refractivity contribution in [2.45, 2.75) is 43.0 Å². The van der Waals surface area contributed by atoms with Gasteiger partial charge in [0, 0.05) is 11.1 Å². The Balaban J connectivity index is 1.72. The predicted octanol–water partition coefficient (Wildman–Crippen LogP) is 3.51. The fourth-order valence-electron chi connectivity index (χ4n) is 3.59. The maximum absolute atomic E-state index is 13.3. The lowest BCUT2D eigenvalue weighted by molar-refractivity contribution is -0.121. The number of hydrazone groups is 1. The Hall–Kier alpha value is -2.75. The first kappa shape index (κ1) is 23.9. The van der Waals surface area contributed by atoms with Gasteiger partial charge in [-0.2, -0.15) is 9.41 Å². The molecule has 1 aliphatic carbocycles. The molecule has 0 unspecified atom stereocenters. The number of aromatic carboxylic acids is 1. The van der Waals surface area contributed by atoms with Gasteiger partial charge in [0.15, 0.2) is 0 Å². The van der Waals surface area contributed by atoms with Gasteiger partial charge >= 0.3 is 5.97 Å². The molecule has 2 N–H and O–H groups in total. The molecule has 0 aliphatic heterocycles. The molecule has 0 radical (unpaired) electrons. The highest BCUT2D eigenvalue weighted by molar-refractivity contribution is 7.89. The second-order valence-corrected chi connectivity index (χ2v) is 9.84. The van der Waals surface area contributed by atoms with Crippen molar-refractivity contribution in [2.75, 3.05) is 6.54 Å². The van der Waals surface area contributed by atoms with E-state index in [9.17, 15) is 18.0 Å². The number of hydrogen-bond donors (Lipinski definition) is 2. The van der Waals surface area contributed by atoms with Crippen molar-refractivity contribution in [3.05, 3.63) is 64.7 Å². The standard InChI is InChI=1S/C22H24ClN3O5S/c23-18-10-12-20(13-11-18)32(30,31)26(19-4-2-1-3-5-19)15-21(27)25-24-14-16-6-8-17(9-7-16)22(28)29/h6-14,19H,1-5,15H2,(H,25,27)(H,28,29)/b24-14-. The summed E-state index contributed by atoms with van der Waals surface area (Å²) in [6, 6.07) is 11.6. The summed E-state index contributed by atoms with van der Waals surface area (Å²) in [4.78, 5) is 23.5. The van der Waals surface area contributed by atoms with Gasteiger partial charge < -0.3 is 5.11 Å². The first-order valence-corrected chi connectivity index (χ1v) is 12.0. The molecule has 0 bridgehead atoms. The molecule has 0 spiro atoms. The monoisotopic (exact) mass is 477 g/mol. The van der Waals surface area contributed by atoms with Crippen LogP contribution in [0.3, 0.4) is 0 Å². The zero-order chi connectivity index (χ0) is 23.1. The van der Waals surface area contributed by atoms with Crippen LogP contribution in [-0.4, -0.2) is 48.5 Å². The normalized spacial score (nSPS) is 15.2.